The minimum Gasteiger partial charge on any atom is -0.357 e. The normalized spacial score (nSPS) is 28.7. The van der Waals surface area contributed by atoms with E-state index in [0.717, 1.165) is 5.69 Å². The van der Waals surface area contributed by atoms with Gasteiger partial charge >= 0.3 is 0 Å². The van der Waals surface area contributed by atoms with E-state index in [1.165, 1.54) is 5.56 Å². The van der Waals surface area contributed by atoms with Crippen molar-refractivity contribution in [3.05, 3.63) is 66.2 Å². The number of benzene rings is 2. The Morgan fingerprint density at radius 1 is 0.938 bits per heavy atom. The molecule has 0 amide bonds. The minimum atomic E-state index is -0.525. The van der Waals surface area contributed by atoms with Crippen molar-refractivity contribution in [2.75, 3.05) is 4.90 Å². The molecule has 1 aliphatic heterocycles. The third-order valence-corrected chi connectivity index (χ3v) is 3.12. The topological polar surface area (TPSA) is 3.01 Å². The standard InChI is InChI=1S/C15H15N/c1-12-15(13-8-4-2-5-9-13)16(12)14-10-6-3-7-11-14/h2-12,15H,1H3/t12-,15-,16?/m0/s1/i12D. The first kappa shape index (κ1) is 8.40. The lowest BCUT2D eigenvalue weighted by Gasteiger charge is -2.05. The van der Waals surface area contributed by atoms with Crippen molar-refractivity contribution >= 4 is 5.69 Å². The van der Waals surface area contributed by atoms with Crippen LogP contribution in [0.2, 0.25) is 0 Å². The molecule has 0 radical (unpaired) electrons. The molecular weight excluding hydrogens is 194 g/mol. The fourth-order valence-electron chi connectivity index (χ4n) is 2.26. The van der Waals surface area contributed by atoms with E-state index < -0.39 is 6.02 Å². The van der Waals surface area contributed by atoms with Crippen molar-refractivity contribution in [3.63, 3.8) is 0 Å². The summed E-state index contributed by atoms with van der Waals surface area (Å²) in [5.74, 6) is 0. The Balaban J connectivity index is 1.95. The number of nitrogens with zero attached hydrogens (tertiary/aromatic N) is 1. The maximum absolute atomic E-state index is 8.36. The summed E-state index contributed by atoms with van der Waals surface area (Å²) in [7, 11) is 0. The van der Waals surface area contributed by atoms with Crippen molar-refractivity contribution in [2.45, 2.75) is 19.0 Å². The van der Waals surface area contributed by atoms with Crippen LogP contribution in [0.15, 0.2) is 60.7 Å². The highest BCUT2D eigenvalue weighted by atomic mass is 15.3. The third kappa shape index (κ3) is 1.49. The number of rotatable bonds is 2. The first-order chi connectivity index (χ1) is 8.21. The van der Waals surface area contributed by atoms with Gasteiger partial charge in [0.15, 0.2) is 0 Å². The van der Waals surface area contributed by atoms with Crippen LogP contribution in [0.3, 0.4) is 0 Å². The van der Waals surface area contributed by atoms with Crippen molar-refractivity contribution in [1.29, 1.82) is 0 Å². The van der Waals surface area contributed by atoms with Gasteiger partial charge in [-0.15, -0.1) is 0 Å². The molecule has 1 saturated heterocycles. The largest absolute Gasteiger partial charge is 0.357 e. The van der Waals surface area contributed by atoms with E-state index >= 15 is 0 Å². The van der Waals surface area contributed by atoms with Crippen LogP contribution in [-0.2, 0) is 0 Å². The van der Waals surface area contributed by atoms with Gasteiger partial charge in [0.05, 0.1) is 13.4 Å². The summed E-state index contributed by atoms with van der Waals surface area (Å²) in [5.41, 5.74) is 2.34. The zero-order valence-electron chi connectivity index (χ0n) is 10.3. The highest BCUT2D eigenvalue weighted by Crippen LogP contribution is 2.46. The lowest BCUT2D eigenvalue weighted by Crippen LogP contribution is -1.95. The molecule has 1 aliphatic rings. The lowest BCUT2D eigenvalue weighted by molar-refractivity contribution is 1.04. The molecule has 0 unspecified atom stereocenters. The number of para-hydroxylation sites is 1. The summed E-state index contributed by atoms with van der Waals surface area (Å²) in [6.45, 7) is 1.97. The van der Waals surface area contributed by atoms with Crippen molar-refractivity contribution in [2.24, 2.45) is 0 Å². The molecular formula is C15H15N. The summed E-state index contributed by atoms with van der Waals surface area (Å²) in [6.07, 6.45) is 0. The van der Waals surface area contributed by atoms with Gasteiger partial charge in [-0.25, -0.2) is 0 Å². The molecule has 0 spiro atoms. The minimum absolute atomic E-state index is 0.172. The smallest absolute Gasteiger partial charge is 0.0747 e. The van der Waals surface area contributed by atoms with Gasteiger partial charge in [0, 0.05) is 5.69 Å². The van der Waals surface area contributed by atoms with E-state index in [9.17, 15) is 0 Å². The first-order valence-corrected chi connectivity index (χ1v) is 5.60. The van der Waals surface area contributed by atoms with Crippen molar-refractivity contribution in [1.82, 2.24) is 0 Å². The molecule has 2 aromatic rings. The average Bonchev–Trinajstić information content (AvgIpc) is 2.94. The molecule has 3 rings (SSSR count). The Kier molecular flexibility index (Phi) is 1.93. The Hall–Kier alpha value is -1.76. The van der Waals surface area contributed by atoms with E-state index in [4.69, 9.17) is 1.37 Å². The first-order valence-electron chi connectivity index (χ1n) is 6.10. The highest BCUT2D eigenvalue weighted by Gasteiger charge is 2.44. The van der Waals surface area contributed by atoms with E-state index in [-0.39, 0.29) is 6.04 Å². The zero-order chi connectivity index (χ0) is 11.9. The second-order valence-electron chi connectivity index (χ2n) is 4.16. The summed E-state index contributed by atoms with van der Waals surface area (Å²) < 4.78 is 8.36. The number of anilines is 1. The van der Waals surface area contributed by atoms with Crippen molar-refractivity contribution < 1.29 is 1.37 Å². The molecule has 2 atom stereocenters. The predicted octanol–water partition coefficient (Wildman–Crippen LogP) is 3.64. The Morgan fingerprint density at radius 3 is 2.12 bits per heavy atom. The molecule has 1 nitrogen and oxygen atoms in total. The van der Waals surface area contributed by atoms with Gasteiger partial charge in [-0.2, -0.15) is 0 Å². The SMILES string of the molecule is [2H][C@]1(C)[C@@H](c2ccccc2)N1c1ccccc1. The van der Waals surface area contributed by atoms with Crippen LogP contribution in [0.25, 0.3) is 0 Å². The molecule has 0 aromatic heterocycles. The Bertz CT molecular complexity index is 459. The third-order valence-electron chi connectivity index (χ3n) is 3.12. The van der Waals surface area contributed by atoms with Crippen molar-refractivity contribution in [3.8, 4) is 0 Å². The second kappa shape index (κ2) is 3.67. The molecule has 0 bridgehead atoms. The van der Waals surface area contributed by atoms with Crippen LogP contribution in [0.1, 0.15) is 19.9 Å². The van der Waals surface area contributed by atoms with Gasteiger partial charge < -0.3 is 4.90 Å². The van der Waals surface area contributed by atoms with E-state index in [1.54, 1.807) is 0 Å². The van der Waals surface area contributed by atoms with Crippen LogP contribution >= 0.6 is 0 Å². The van der Waals surface area contributed by atoms with Crippen LogP contribution in [0.4, 0.5) is 5.69 Å². The van der Waals surface area contributed by atoms with E-state index in [2.05, 4.69) is 29.2 Å². The van der Waals surface area contributed by atoms with Gasteiger partial charge in [0.25, 0.3) is 0 Å². The van der Waals surface area contributed by atoms with E-state index in [1.807, 2.05) is 43.3 Å². The second-order valence-corrected chi connectivity index (χ2v) is 4.16. The molecule has 0 saturated carbocycles. The predicted molar refractivity (Wildman–Crippen MR) is 67.6 cm³/mol. The number of hydrogen-bond acceptors (Lipinski definition) is 1. The molecule has 1 heteroatoms. The molecule has 0 aliphatic carbocycles. The van der Waals surface area contributed by atoms with Gasteiger partial charge in [0.2, 0.25) is 0 Å². The quantitative estimate of drug-likeness (QED) is 0.684. The average molecular weight is 210 g/mol. The highest BCUT2D eigenvalue weighted by molar-refractivity contribution is 5.58. The zero-order valence-corrected chi connectivity index (χ0v) is 9.30. The molecule has 80 valence electrons. The van der Waals surface area contributed by atoms with E-state index in [0.29, 0.717) is 0 Å². The maximum atomic E-state index is 8.36. The summed E-state index contributed by atoms with van der Waals surface area (Å²) in [4.78, 5) is 2.14. The van der Waals surface area contributed by atoms with Gasteiger partial charge in [-0.1, -0.05) is 48.5 Å². The van der Waals surface area contributed by atoms with Crippen LogP contribution in [-0.4, -0.2) is 6.02 Å². The molecule has 1 fully saturated rings. The van der Waals surface area contributed by atoms with Crippen LogP contribution < -0.4 is 4.90 Å². The fourth-order valence-corrected chi connectivity index (χ4v) is 2.26. The Morgan fingerprint density at radius 2 is 1.50 bits per heavy atom. The summed E-state index contributed by atoms with van der Waals surface area (Å²) in [6, 6.07) is 20.1. The van der Waals surface area contributed by atoms with Crippen LogP contribution in [0.5, 0.6) is 0 Å². The summed E-state index contributed by atoms with van der Waals surface area (Å²) in [5, 5.41) is 0. The molecule has 1 heterocycles. The number of hydrogen-bond donors (Lipinski definition) is 0. The van der Waals surface area contributed by atoms with Gasteiger partial charge in [-0.05, 0) is 24.6 Å². The fraction of sp³-hybridized carbons (Fsp3) is 0.200. The maximum Gasteiger partial charge on any atom is 0.0747 e. The van der Waals surface area contributed by atoms with Gasteiger partial charge in [-0.3, -0.25) is 0 Å². The van der Waals surface area contributed by atoms with Gasteiger partial charge in [0.1, 0.15) is 0 Å². The molecule has 16 heavy (non-hydrogen) atoms. The molecule has 2 aromatic carbocycles. The van der Waals surface area contributed by atoms with Crippen LogP contribution in [0, 0.1) is 0 Å². The molecule has 0 N–H and O–H groups in total. The lowest BCUT2D eigenvalue weighted by atomic mass is 10.1. The Labute approximate surface area is 97.7 Å². The monoisotopic (exact) mass is 210 g/mol. The summed E-state index contributed by atoms with van der Waals surface area (Å²) >= 11 is 0.